The monoisotopic (exact) mass is 420 g/mol. The highest BCUT2D eigenvalue weighted by Gasteiger charge is 2.28. The Morgan fingerprint density at radius 2 is 1.87 bits per heavy atom. The van der Waals surface area contributed by atoms with Crippen molar-refractivity contribution in [2.24, 2.45) is 0 Å². The Balaban J connectivity index is 1.51. The average Bonchev–Trinajstić information content (AvgIpc) is 3.47. The molecule has 0 unspecified atom stereocenters. The van der Waals surface area contributed by atoms with Crippen LogP contribution in [0.5, 0.6) is 0 Å². The summed E-state index contributed by atoms with van der Waals surface area (Å²) < 4.78 is 1.79. The minimum absolute atomic E-state index is 0.0554. The fraction of sp³-hybridized carbons (Fsp3) is 0.478. The van der Waals surface area contributed by atoms with Gasteiger partial charge >= 0.3 is 0 Å². The molecule has 0 radical (unpaired) electrons. The van der Waals surface area contributed by atoms with Crippen LogP contribution in [0.4, 0.5) is 5.95 Å². The van der Waals surface area contributed by atoms with E-state index in [-0.39, 0.29) is 17.5 Å². The lowest BCUT2D eigenvalue weighted by atomic mass is 10.0. The maximum Gasteiger partial charge on any atom is 0.263 e. The molecule has 1 saturated heterocycles. The zero-order chi connectivity index (χ0) is 21.9. The van der Waals surface area contributed by atoms with Crippen LogP contribution >= 0.6 is 0 Å². The van der Waals surface area contributed by atoms with E-state index in [0.29, 0.717) is 42.5 Å². The van der Waals surface area contributed by atoms with Gasteiger partial charge in [-0.2, -0.15) is 4.98 Å². The molecule has 1 aliphatic heterocycles. The Labute approximate surface area is 180 Å². The highest BCUT2D eigenvalue weighted by Crippen LogP contribution is 2.41. The molecule has 2 fully saturated rings. The fourth-order valence-electron chi connectivity index (χ4n) is 4.72. The molecular weight excluding hydrogens is 392 g/mol. The largest absolute Gasteiger partial charge is 0.339 e. The van der Waals surface area contributed by atoms with Crippen molar-refractivity contribution in [2.45, 2.75) is 52.5 Å². The minimum Gasteiger partial charge on any atom is -0.339 e. The maximum absolute atomic E-state index is 12.8. The van der Waals surface area contributed by atoms with Gasteiger partial charge in [-0.25, -0.2) is 4.68 Å². The van der Waals surface area contributed by atoms with E-state index in [4.69, 9.17) is 0 Å². The molecule has 3 aromatic rings. The molecule has 2 aliphatic rings. The molecule has 31 heavy (non-hydrogen) atoms. The fourth-order valence-corrected chi connectivity index (χ4v) is 4.72. The van der Waals surface area contributed by atoms with E-state index in [9.17, 15) is 9.59 Å². The number of hydrogen-bond donors (Lipinski definition) is 1. The predicted octanol–water partition coefficient (Wildman–Crippen LogP) is 2.66. The number of fused-ring (bicyclic) bond motifs is 1. The number of amides is 1. The second-order valence-corrected chi connectivity index (χ2v) is 8.99. The molecule has 1 N–H and O–H groups in total. The number of hydrogen-bond acceptors (Lipinski definition) is 5. The lowest BCUT2D eigenvalue weighted by Crippen LogP contribution is -2.54. The Kier molecular flexibility index (Phi) is 4.60. The summed E-state index contributed by atoms with van der Waals surface area (Å²) in [5.41, 5.74) is 4.95. The first kappa shape index (κ1) is 19.8. The van der Waals surface area contributed by atoms with Crippen molar-refractivity contribution >= 4 is 22.9 Å². The highest BCUT2D eigenvalue weighted by molar-refractivity contribution is 5.75. The summed E-state index contributed by atoms with van der Waals surface area (Å²) in [6, 6.07) is 4.54. The van der Waals surface area contributed by atoms with Crippen molar-refractivity contribution < 1.29 is 4.79 Å². The van der Waals surface area contributed by atoms with Crippen molar-refractivity contribution in [3.63, 3.8) is 0 Å². The Morgan fingerprint density at radius 1 is 1.16 bits per heavy atom. The molecule has 8 nitrogen and oxygen atoms in total. The third kappa shape index (κ3) is 3.49. The van der Waals surface area contributed by atoms with Gasteiger partial charge in [0.25, 0.3) is 5.56 Å². The van der Waals surface area contributed by atoms with Gasteiger partial charge in [-0.05, 0) is 56.2 Å². The summed E-state index contributed by atoms with van der Waals surface area (Å²) in [5.74, 6) is 1.28. The summed E-state index contributed by atoms with van der Waals surface area (Å²) in [4.78, 5) is 36.0. The van der Waals surface area contributed by atoms with Gasteiger partial charge in [0.05, 0.1) is 5.69 Å². The lowest BCUT2D eigenvalue weighted by molar-refractivity contribution is -0.129. The van der Waals surface area contributed by atoms with Crippen molar-refractivity contribution in [3.05, 3.63) is 45.4 Å². The molecule has 1 aromatic carbocycles. The SMILES string of the molecule is CC(=O)N1CCN(c2nc3nn(-c4c(C)cc(C5CC5)cc4C)cc3c(=O)[nH]2)[C@H](C)C1. The normalized spacial score (nSPS) is 19.3. The van der Waals surface area contributed by atoms with Crippen molar-refractivity contribution in [2.75, 3.05) is 24.5 Å². The van der Waals surface area contributed by atoms with E-state index in [1.54, 1.807) is 17.8 Å². The number of nitrogens with zero attached hydrogens (tertiary/aromatic N) is 5. The summed E-state index contributed by atoms with van der Waals surface area (Å²) in [6.07, 6.45) is 4.31. The van der Waals surface area contributed by atoms with Crippen LogP contribution in [0.3, 0.4) is 0 Å². The average molecular weight is 421 g/mol. The van der Waals surface area contributed by atoms with Crippen LogP contribution in [-0.4, -0.2) is 56.2 Å². The van der Waals surface area contributed by atoms with Crippen LogP contribution < -0.4 is 10.5 Å². The molecule has 2 aromatic heterocycles. The van der Waals surface area contributed by atoms with Gasteiger partial charge in [0.1, 0.15) is 5.39 Å². The van der Waals surface area contributed by atoms with Gasteiger partial charge in [0.15, 0.2) is 5.65 Å². The van der Waals surface area contributed by atoms with E-state index >= 15 is 0 Å². The van der Waals surface area contributed by atoms with Gasteiger partial charge < -0.3 is 9.80 Å². The number of aryl methyl sites for hydroxylation is 2. The molecule has 1 atom stereocenters. The third-order valence-corrected chi connectivity index (χ3v) is 6.51. The first-order valence-electron chi connectivity index (χ1n) is 10.9. The molecule has 3 heterocycles. The Hall–Kier alpha value is -3.16. The lowest BCUT2D eigenvalue weighted by Gasteiger charge is -2.39. The molecule has 1 saturated carbocycles. The molecule has 5 rings (SSSR count). The first-order valence-corrected chi connectivity index (χ1v) is 10.9. The van der Waals surface area contributed by atoms with E-state index in [1.165, 1.54) is 18.4 Å². The predicted molar refractivity (Wildman–Crippen MR) is 120 cm³/mol. The second kappa shape index (κ2) is 7.21. The summed E-state index contributed by atoms with van der Waals surface area (Å²) in [7, 11) is 0. The summed E-state index contributed by atoms with van der Waals surface area (Å²) in [5, 5.41) is 5.15. The second-order valence-electron chi connectivity index (χ2n) is 8.99. The molecular formula is C23H28N6O2. The van der Waals surface area contributed by atoms with Crippen LogP contribution in [0, 0.1) is 13.8 Å². The zero-order valence-corrected chi connectivity index (χ0v) is 18.5. The number of carbonyl (C=O) groups is 1. The Bertz CT molecular complexity index is 1220. The van der Waals surface area contributed by atoms with Crippen molar-refractivity contribution in [3.8, 4) is 5.69 Å². The van der Waals surface area contributed by atoms with Gasteiger partial charge in [0, 0.05) is 38.8 Å². The molecule has 162 valence electrons. The topological polar surface area (TPSA) is 87.1 Å². The van der Waals surface area contributed by atoms with Gasteiger partial charge in [-0.15, -0.1) is 5.10 Å². The number of benzene rings is 1. The molecule has 1 amide bonds. The molecule has 0 bridgehead atoms. The number of nitrogens with one attached hydrogen (secondary N) is 1. The van der Waals surface area contributed by atoms with Crippen molar-refractivity contribution in [1.82, 2.24) is 24.6 Å². The smallest absolute Gasteiger partial charge is 0.263 e. The van der Waals surface area contributed by atoms with Gasteiger partial charge in [0.2, 0.25) is 11.9 Å². The first-order chi connectivity index (χ1) is 14.8. The standard InChI is InChI=1S/C23H28N6O2/c1-13-9-18(17-5-6-17)10-14(2)20(13)29-12-19-21(26-29)24-23(25-22(19)31)28-8-7-27(16(4)30)11-15(28)3/h9-10,12,15,17H,5-8,11H2,1-4H3,(H,24,25,26,31)/t15-/m1/s1. The van der Waals surface area contributed by atoms with Gasteiger partial charge in [-0.3, -0.25) is 14.6 Å². The number of carbonyl (C=O) groups excluding carboxylic acids is 1. The van der Waals surface area contributed by atoms with Crippen molar-refractivity contribution in [1.29, 1.82) is 0 Å². The quantitative estimate of drug-likeness (QED) is 0.704. The molecule has 0 spiro atoms. The number of piperazine rings is 1. The van der Waals surface area contributed by atoms with E-state index in [2.05, 4.69) is 41.0 Å². The summed E-state index contributed by atoms with van der Waals surface area (Å²) in [6.45, 7) is 9.66. The zero-order valence-electron chi connectivity index (χ0n) is 18.5. The molecule has 8 heteroatoms. The number of rotatable bonds is 3. The highest BCUT2D eigenvalue weighted by atomic mass is 16.2. The maximum atomic E-state index is 12.8. The third-order valence-electron chi connectivity index (χ3n) is 6.51. The van der Waals surface area contributed by atoms with Crippen LogP contribution in [-0.2, 0) is 4.79 Å². The summed E-state index contributed by atoms with van der Waals surface area (Å²) >= 11 is 0. The van der Waals surface area contributed by atoms with Crippen LogP contribution in [0.1, 0.15) is 49.3 Å². The van der Waals surface area contributed by atoms with E-state index < -0.39 is 0 Å². The van der Waals surface area contributed by atoms with Gasteiger partial charge in [-0.1, -0.05) is 12.1 Å². The number of H-pyrrole nitrogens is 1. The van der Waals surface area contributed by atoms with E-state index in [1.807, 2.05) is 16.7 Å². The number of anilines is 1. The van der Waals surface area contributed by atoms with Crippen LogP contribution in [0.25, 0.3) is 16.7 Å². The number of aromatic amines is 1. The van der Waals surface area contributed by atoms with E-state index in [0.717, 1.165) is 16.8 Å². The van der Waals surface area contributed by atoms with Crippen LogP contribution in [0.2, 0.25) is 0 Å². The Morgan fingerprint density at radius 3 is 2.48 bits per heavy atom. The molecule has 1 aliphatic carbocycles. The minimum atomic E-state index is -0.197. The van der Waals surface area contributed by atoms with Crippen LogP contribution in [0.15, 0.2) is 23.1 Å². The number of aromatic nitrogens is 4.